The molecule has 14 heavy (non-hydrogen) atoms. The summed E-state index contributed by atoms with van der Waals surface area (Å²) in [5.41, 5.74) is 0.713. The summed E-state index contributed by atoms with van der Waals surface area (Å²) in [4.78, 5) is 0. The SMILES string of the molecule is CC(C)c1c(O)c(Cl)cc2c1OCO2. The standard InChI is InChI=1S/C10H11ClO3/c1-5(2)8-9(12)6(11)3-7-10(8)14-4-13-7/h3,5,12H,4H2,1-2H3. The average molecular weight is 215 g/mol. The smallest absolute Gasteiger partial charge is 0.231 e. The first-order valence-electron chi connectivity index (χ1n) is 4.42. The van der Waals surface area contributed by atoms with Gasteiger partial charge in [-0.2, -0.15) is 0 Å². The molecule has 0 saturated carbocycles. The fourth-order valence-corrected chi connectivity index (χ4v) is 1.76. The van der Waals surface area contributed by atoms with Crippen molar-refractivity contribution >= 4 is 11.6 Å². The topological polar surface area (TPSA) is 38.7 Å². The van der Waals surface area contributed by atoms with Gasteiger partial charge in [0.2, 0.25) is 6.79 Å². The van der Waals surface area contributed by atoms with Gasteiger partial charge >= 0.3 is 0 Å². The van der Waals surface area contributed by atoms with E-state index in [1.165, 1.54) is 0 Å². The minimum absolute atomic E-state index is 0.0888. The molecular weight excluding hydrogens is 204 g/mol. The van der Waals surface area contributed by atoms with Crippen LogP contribution in [0, 0.1) is 0 Å². The maximum Gasteiger partial charge on any atom is 0.231 e. The average Bonchev–Trinajstić information content (AvgIpc) is 2.52. The zero-order valence-corrected chi connectivity index (χ0v) is 8.76. The van der Waals surface area contributed by atoms with Crippen LogP contribution in [0.5, 0.6) is 17.2 Å². The minimum Gasteiger partial charge on any atom is -0.506 e. The van der Waals surface area contributed by atoms with Gasteiger partial charge in [0.1, 0.15) is 5.75 Å². The fraction of sp³-hybridized carbons (Fsp3) is 0.400. The van der Waals surface area contributed by atoms with Crippen LogP contribution in [0.1, 0.15) is 25.3 Å². The second-order valence-electron chi connectivity index (χ2n) is 3.51. The Balaban J connectivity index is 2.66. The van der Waals surface area contributed by atoms with Crippen LogP contribution in [0.4, 0.5) is 0 Å². The number of ether oxygens (including phenoxy) is 2. The van der Waals surface area contributed by atoms with Gasteiger partial charge < -0.3 is 14.6 Å². The van der Waals surface area contributed by atoms with Gasteiger partial charge in [-0.25, -0.2) is 0 Å². The zero-order valence-electron chi connectivity index (χ0n) is 8.00. The largest absolute Gasteiger partial charge is 0.506 e. The Morgan fingerprint density at radius 2 is 2.14 bits per heavy atom. The van der Waals surface area contributed by atoms with E-state index in [1.54, 1.807) is 6.07 Å². The van der Waals surface area contributed by atoms with E-state index < -0.39 is 0 Å². The molecular formula is C10H11ClO3. The van der Waals surface area contributed by atoms with E-state index in [-0.39, 0.29) is 18.5 Å². The highest BCUT2D eigenvalue weighted by Gasteiger charge is 2.25. The minimum atomic E-state index is 0.0888. The first-order valence-corrected chi connectivity index (χ1v) is 4.80. The number of halogens is 1. The third-order valence-corrected chi connectivity index (χ3v) is 2.49. The highest BCUT2D eigenvalue weighted by Crippen LogP contribution is 2.47. The first kappa shape index (κ1) is 9.46. The van der Waals surface area contributed by atoms with Crippen LogP contribution in [0.15, 0.2) is 6.07 Å². The Bertz CT molecular complexity index is 374. The number of hydrogen-bond acceptors (Lipinski definition) is 3. The van der Waals surface area contributed by atoms with Crippen LogP contribution in [-0.4, -0.2) is 11.9 Å². The van der Waals surface area contributed by atoms with Crippen LogP contribution >= 0.6 is 11.6 Å². The van der Waals surface area contributed by atoms with Crippen LogP contribution in [0.25, 0.3) is 0 Å². The molecule has 1 aliphatic heterocycles. The molecule has 1 aromatic carbocycles. The summed E-state index contributed by atoms with van der Waals surface area (Å²) in [6, 6.07) is 1.57. The van der Waals surface area contributed by atoms with Crippen LogP contribution in [0.2, 0.25) is 5.02 Å². The van der Waals surface area contributed by atoms with Crippen molar-refractivity contribution in [2.45, 2.75) is 19.8 Å². The number of aromatic hydroxyl groups is 1. The Morgan fingerprint density at radius 3 is 2.79 bits per heavy atom. The first-order chi connectivity index (χ1) is 6.61. The summed E-state index contributed by atoms with van der Waals surface area (Å²) in [6.07, 6.45) is 0. The molecule has 1 aliphatic rings. The second-order valence-corrected chi connectivity index (χ2v) is 3.92. The van der Waals surface area contributed by atoms with Gasteiger partial charge in [0.25, 0.3) is 0 Å². The summed E-state index contributed by atoms with van der Waals surface area (Å²) in [6.45, 7) is 4.12. The molecule has 0 bridgehead atoms. The number of benzene rings is 1. The number of rotatable bonds is 1. The van der Waals surface area contributed by atoms with Crippen molar-refractivity contribution in [3.63, 3.8) is 0 Å². The van der Waals surface area contributed by atoms with Gasteiger partial charge in [-0.15, -0.1) is 0 Å². The summed E-state index contributed by atoms with van der Waals surface area (Å²) < 4.78 is 10.5. The van der Waals surface area contributed by atoms with Gasteiger partial charge in [-0.05, 0) is 5.92 Å². The predicted molar refractivity (Wildman–Crippen MR) is 53.3 cm³/mol. The van der Waals surface area contributed by atoms with Crippen molar-refractivity contribution in [1.82, 2.24) is 0 Å². The monoisotopic (exact) mass is 214 g/mol. The number of phenolic OH excluding ortho intramolecular Hbond substituents is 1. The van der Waals surface area contributed by atoms with Crippen molar-refractivity contribution in [2.24, 2.45) is 0 Å². The Labute approximate surface area is 87.2 Å². The lowest BCUT2D eigenvalue weighted by Crippen LogP contribution is -1.95. The van der Waals surface area contributed by atoms with Gasteiger partial charge in [-0.1, -0.05) is 25.4 Å². The van der Waals surface area contributed by atoms with Crippen molar-refractivity contribution in [3.8, 4) is 17.2 Å². The molecule has 0 aromatic heterocycles. The van der Waals surface area contributed by atoms with Crippen molar-refractivity contribution < 1.29 is 14.6 Å². The van der Waals surface area contributed by atoms with E-state index in [1.807, 2.05) is 13.8 Å². The molecule has 3 nitrogen and oxygen atoms in total. The number of fused-ring (bicyclic) bond motifs is 1. The molecule has 0 amide bonds. The van der Waals surface area contributed by atoms with E-state index in [4.69, 9.17) is 21.1 Å². The molecule has 1 heterocycles. The number of hydrogen-bond donors (Lipinski definition) is 1. The molecule has 0 aliphatic carbocycles. The summed E-state index contributed by atoms with van der Waals surface area (Å²) in [5.74, 6) is 1.45. The van der Waals surface area contributed by atoms with Crippen molar-refractivity contribution in [2.75, 3.05) is 6.79 Å². The van der Waals surface area contributed by atoms with E-state index in [2.05, 4.69) is 0 Å². The maximum atomic E-state index is 9.76. The normalized spacial score (nSPS) is 13.7. The van der Waals surface area contributed by atoms with E-state index in [0.717, 1.165) is 0 Å². The Kier molecular flexibility index (Phi) is 2.19. The molecule has 76 valence electrons. The molecule has 0 radical (unpaired) electrons. The molecule has 2 rings (SSSR count). The lowest BCUT2D eigenvalue weighted by Gasteiger charge is -2.12. The third kappa shape index (κ3) is 1.28. The fourth-order valence-electron chi connectivity index (χ4n) is 1.56. The maximum absolute atomic E-state index is 9.76. The lowest BCUT2D eigenvalue weighted by atomic mass is 10.0. The molecule has 0 atom stereocenters. The van der Waals surface area contributed by atoms with Gasteiger partial charge in [0.15, 0.2) is 11.5 Å². The molecule has 0 unspecified atom stereocenters. The lowest BCUT2D eigenvalue weighted by molar-refractivity contribution is 0.173. The highest BCUT2D eigenvalue weighted by atomic mass is 35.5. The van der Waals surface area contributed by atoms with Crippen molar-refractivity contribution in [3.05, 3.63) is 16.7 Å². The molecule has 1 N–H and O–H groups in total. The van der Waals surface area contributed by atoms with Crippen LogP contribution in [-0.2, 0) is 0 Å². The Hall–Kier alpha value is -1.09. The van der Waals surface area contributed by atoms with E-state index >= 15 is 0 Å². The van der Waals surface area contributed by atoms with Gasteiger partial charge in [-0.3, -0.25) is 0 Å². The molecule has 4 heteroatoms. The van der Waals surface area contributed by atoms with Gasteiger partial charge in [0.05, 0.1) is 5.02 Å². The van der Waals surface area contributed by atoms with Crippen LogP contribution in [0.3, 0.4) is 0 Å². The molecule has 0 saturated heterocycles. The second kappa shape index (κ2) is 3.24. The zero-order chi connectivity index (χ0) is 10.3. The van der Waals surface area contributed by atoms with Crippen LogP contribution < -0.4 is 9.47 Å². The highest BCUT2D eigenvalue weighted by molar-refractivity contribution is 6.32. The van der Waals surface area contributed by atoms with E-state index in [0.29, 0.717) is 22.1 Å². The predicted octanol–water partition coefficient (Wildman–Crippen LogP) is 2.90. The third-order valence-electron chi connectivity index (χ3n) is 2.20. The van der Waals surface area contributed by atoms with E-state index in [9.17, 15) is 5.11 Å². The van der Waals surface area contributed by atoms with Crippen molar-refractivity contribution in [1.29, 1.82) is 0 Å². The summed E-state index contributed by atoms with van der Waals surface area (Å²) in [7, 11) is 0. The quantitative estimate of drug-likeness (QED) is 0.781. The molecule has 0 fully saturated rings. The number of phenols is 1. The Morgan fingerprint density at radius 1 is 1.43 bits per heavy atom. The molecule has 0 spiro atoms. The summed E-state index contributed by atoms with van der Waals surface area (Å²) >= 11 is 5.86. The summed E-state index contributed by atoms with van der Waals surface area (Å²) in [5, 5.41) is 10.1. The van der Waals surface area contributed by atoms with Gasteiger partial charge in [0, 0.05) is 11.6 Å². The molecule has 1 aromatic rings.